The topological polar surface area (TPSA) is 67.0 Å². The molecular formula is C15H17N3O2. The lowest BCUT2D eigenvalue weighted by Gasteiger charge is -2.36. The van der Waals surface area contributed by atoms with E-state index < -0.39 is 5.41 Å². The van der Waals surface area contributed by atoms with Crippen LogP contribution in [0.1, 0.15) is 18.4 Å². The molecule has 0 spiro atoms. The summed E-state index contributed by atoms with van der Waals surface area (Å²) in [5.74, 6) is 0.619. The van der Waals surface area contributed by atoms with Crippen LogP contribution in [0.2, 0.25) is 0 Å². The van der Waals surface area contributed by atoms with Gasteiger partial charge in [0.25, 0.3) is 0 Å². The Balaban J connectivity index is 1.91. The fourth-order valence-electron chi connectivity index (χ4n) is 2.69. The molecule has 1 fully saturated rings. The number of rotatable bonds is 3. The highest BCUT2D eigenvalue weighted by atomic mass is 16.5. The molecule has 2 N–H and O–H groups in total. The molecule has 1 aromatic heterocycles. The number of aromatic nitrogens is 2. The second-order valence-corrected chi connectivity index (χ2v) is 4.98. The number of benzene rings is 1. The Morgan fingerprint density at radius 1 is 1.20 bits per heavy atom. The van der Waals surface area contributed by atoms with E-state index in [0.29, 0.717) is 31.9 Å². The lowest BCUT2D eigenvalue weighted by Crippen LogP contribution is -2.44. The summed E-state index contributed by atoms with van der Waals surface area (Å²) in [7, 11) is 0. The number of ether oxygens (including phenoxy) is 1. The first-order chi connectivity index (χ1) is 9.81. The van der Waals surface area contributed by atoms with Gasteiger partial charge >= 0.3 is 0 Å². The van der Waals surface area contributed by atoms with E-state index in [9.17, 15) is 4.79 Å². The second-order valence-electron chi connectivity index (χ2n) is 4.98. The van der Waals surface area contributed by atoms with Gasteiger partial charge in [-0.25, -0.2) is 0 Å². The Hall–Kier alpha value is -2.14. The summed E-state index contributed by atoms with van der Waals surface area (Å²) in [6.07, 6.45) is 3.00. The van der Waals surface area contributed by atoms with Gasteiger partial charge in [0.05, 0.1) is 11.6 Å². The summed E-state index contributed by atoms with van der Waals surface area (Å²) in [5, 5.41) is 9.53. The van der Waals surface area contributed by atoms with E-state index in [2.05, 4.69) is 15.5 Å². The van der Waals surface area contributed by atoms with E-state index in [1.807, 2.05) is 30.3 Å². The minimum absolute atomic E-state index is 0.00347. The predicted octanol–water partition coefficient (Wildman–Crippen LogP) is 2.10. The van der Waals surface area contributed by atoms with Crippen molar-refractivity contribution in [1.29, 1.82) is 0 Å². The lowest BCUT2D eigenvalue weighted by atomic mass is 9.73. The Morgan fingerprint density at radius 3 is 2.60 bits per heavy atom. The third kappa shape index (κ3) is 2.32. The third-order valence-electron chi connectivity index (χ3n) is 3.86. The van der Waals surface area contributed by atoms with Crippen LogP contribution < -0.4 is 5.32 Å². The van der Waals surface area contributed by atoms with Gasteiger partial charge in [-0.15, -0.1) is 0 Å². The molecule has 3 rings (SSSR count). The molecule has 104 valence electrons. The SMILES string of the molecule is O=C(Nc1ccn[nH]1)C1(c2ccccc2)CCOCC1. The van der Waals surface area contributed by atoms with Crippen molar-refractivity contribution in [3.05, 3.63) is 48.2 Å². The number of carbonyl (C=O) groups excluding carboxylic acids is 1. The van der Waals surface area contributed by atoms with Gasteiger partial charge in [-0.1, -0.05) is 30.3 Å². The number of carbonyl (C=O) groups is 1. The minimum atomic E-state index is -0.523. The smallest absolute Gasteiger partial charge is 0.236 e. The molecule has 1 aliphatic heterocycles. The zero-order valence-corrected chi connectivity index (χ0v) is 11.1. The molecule has 1 aliphatic rings. The second kappa shape index (κ2) is 5.46. The van der Waals surface area contributed by atoms with Crippen molar-refractivity contribution in [3.63, 3.8) is 0 Å². The normalized spacial score (nSPS) is 17.6. The standard InChI is InChI=1S/C15H17N3O2/c19-14(17-13-6-9-16-18-13)15(7-10-20-11-8-15)12-4-2-1-3-5-12/h1-6,9H,7-8,10-11H2,(H2,16,17,18,19). The lowest BCUT2D eigenvalue weighted by molar-refractivity contribution is -0.125. The van der Waals surface area contributed by atoms with Crippen LogP contribution in [-0.2, 0) is 14.9 Å². The summed E-state index contributed by atoms with van der Waals surface area (Å²) < 4.78 is 5.43. The number of hydrogen-bond acceptors (Lipinski definition) is 3. The van der Waals surface area contributed by atoms with Gasteiger partial charge in [-0.05, 0) is 18.4 Å². The summed E-state index contributed by atoms with van der Waals surface area (Å²) in [5.41, 5.74) is 0.519. The summed E-state index contributed by atoms with van der Waals surface area (Å²) in [6.45, 7) is 1.20. The zero-order valence-electron chi connectivity index (χ0n) is 11.1. The molecule has 5 nitrogen and oxygen atoms in total. The Labute approximate surface area is 117 Å². The molecule has 5 heteroatoms. The number of amides is 1. The highest BCUT2D eigenvalue weighted by Crippen LogP contribution is 2.35. The van der Waals surface area contributed by atoms with E-state index in [1.165, 1.54) is 0 Å². The molecule has 0 atom stereocenters. The molecule has 0 aliphatic carbocycles. The van der Waals surface area contributed by atoms with Crippen LogP contribution in [0.25, 0.3) is 0 Å². The van der Waals surface area contributed by atoms with Crippen LogP contribution in [-0.4, -0.2) is 29.3 Å². The van der Waals surface area contributed by atoms with E-state index in [0.717, 1.165) is 5.56 Å². The van der Waals surface area contributed by atoms with Crippen LogP contribution in [0.15, 0.2) is 42.6 Å². The Bertz CT molecular complexity index is 560. The fourth-order valence-corrected chi connectivity index (χ4v) is 2.69. The molecular weight excluding hydrogens is 254 g/mol. The highest BCUT2D eigenvalue weighted by Gasteiger charge is 2.41. The minimum Gasteiger partial charge on any atom is -0.381 e. The maximum absolute atomic E-state index is 12.8. The van der Waals surface area contributed by atoms with Gasteiger partial charge in [0.2, 0.25) is 5.91 Å². The van der Waals surface area contributed by atoms with Crippen LogP contribution in [0.4, 0.5) is 5.82 Å². The molecule has 2 heterocycles. The number of H-pyrrole nitrogens is 1. The van der Waals surface area contributed by atoms with Crippen molar-refractivity contribution in [2.24, 2.45) is 0 Å². The average Bonchev–Trinajstić information content (AvgIpc) is 3.02. The van der Waals surface area contributed by atoms with Gasteiger partial charge < -0.3 is 10.1 Å². The first-order valence-electron chi connectivity index (χ1n) is 6.75. The van der Waals surface area contributed by atoms with Gasteiger partial charge in [-0.3, -0.25) is 9.89 Å². The molecule has 1 saturated heterocycles. The maximum atomic E-state index is 12.8. The maximum Gasteiger partial charge on any atom is 0.236 e. The van der Waals surface area contributed by atoms with E-state index >= 15 is 0 Å². The molecule has 0 saturated carbocycles. The van der Waals surface area contributed by atoms with Gasteiger partial charge in [0.15, 0.2) is 0 Å². The van der Waals surface area contributed by atoms with Gasteiger partial charge in [0, 0.05) is 19.3 Å². The molecule has 1 amide bonds. The largest absolute Gasteiger partial charge is 0.381 e. The first kappa shape index (κ1) is 12.9. The fraction of sp³-hybridized carbons (Fsp3) is 0.333. The van der Waals surface area contributed by atoms with E-state index in [1.54, 1.807) is 12.3 Å². The summed E-state index contributed by atoms with van der Waals surface area (Å²) >= 11 is 0. The van der Waals surface area contributed by atoms with Crippen molar-refractivity contribution in [2.75, 3.05) is 18.5 Å². The third-order valence-corrected chi connectivity index (χ3v) is 3.86. The average molecular weight is 271 g/mol. The van der Waals surface area contributed by atoms with Crippen molar-refractivity contribution >= 4 is 11.7 Å². The predicted molar refractivity (Wildman–Crippen MR) is 75.4 cm³/mol. The summed E-state index contributed by atoms with van der Waals surface area (Å²) in [6, 6.07) is 11.7. The van der Waals surface area contributed by atoms with E-state index in [4.69, 9.17) is 4.74 Å². The molecule has 0 radical (unpaired) electrons. The molecule has 2 aromatic rings. The molecule has 1 aromatic carbocycles. The quantitative estimate of drug-likeness (QED) is 0.898. The van der Waals surface area contributed by atoms with E-state index in [-0.39, 0.29) is 5.91 Å². The first-order valence-corrected chi connectivity index (χ1v) is 6.75. The molecule has 20 heavy (non-hydrogen) atoms. The monoisotopic (exact) mass is 271 g/mol. The van der Waals surface area contributed by atoms with Crippen molar-refractivity contribution < 1.29 is 9.53 Å². The van der Waals surface area contributed by atoms with Crippen LogP contribution in [0.5, 0.6) is 0 Å². The number of hydrogen-bond donors (Lipinski definition) is 2. The van der Waals surface area contributed by atoms with Crippen molar-refractivity contribution in [2.45, 2.75) is 18.3 Å². The molecule has 0 unspecified atom stereocenters. The van der Waals surface area contributed by atoms with Crippen LogP contribution in [0.3, 0.4) is 0 Å². The summed E-state index contributed by atoms with van der Waals surface area (Å²) in [4.78, 5) is 12.8. The molecule has 0 bridgehead atoms. The number of nitrogens with one attached hydrogen (secondary N) is 2. The van der Waals surface area contributed by atoms with Crippen LogP contribution in [0, 0.1) is 0 Å². The number of aromatic amines is 1. The van der Waals surface area contributed by atoms with Crippen molar-refractivity contribution in [1.82, 2.24) is 10.2 Å². The van der Waals surface area contributed by atoms with Crippen LogP contribution >= 0.6 is 0 Å². The number of anilines is 1. The highest BCUT2D eigenvalue weighted by molar-refractivity contribution is 5.98. The zero-order chi connectivity index (χ0) is 13.8. The van der Waals surface area contributed by atoms with Gasteiger partial charge in [0.1, 0.15) is 5.82 Å². The Kier molecular flexibility index (Phi) is 3.52. The Morgan fingerprint density at radius 2 is 1.95 bits per heavy atom. The number of nitrogens with zero attached hydrogens (tertiary/aromatic N) is 1. The van der Waals surface area contributed by atoms with Crippen molar-refractivity contribution in [3.8, 4) is 0 Å². The van der Waals surface area contributed by atoms with Gasteiger partial charge in [-0.2, -0.15) is 5.10 Å².